The fourth-order valence-electron chi connectivity index (χ4n) is 4.19. The van der Waals surface area contributed by atoms with Crippen molar-refractivity contribution in [1.82, 2.24) is 29.5 Å². The zero-order chi connectivity index (χ0) is 23.4. The number of ether oxygens (including phenoxy) is 2. The quantitative estimate of drug-likeness (QED) is 0.508. The fraction of sp³-hybridized carbons (Fsp3) is 0.522. The highest BCUT2D eigenvalue weighted by atomic mass is 32.1. The smallest absolute Gasteiger partial charge is 0.251 e. The number of rotatable bonds is 9. The van der Waals surface area contributed by atoms with Crippen LogP contribution in [0.1, 0.15) is 27.2 Å². The monoisotopic (exact) mass is 472 g/mol. The van der Waals surface area contributed by atoms with Gasteiger partial charge in [0.2, 0.25) is 0 Å². The van der Waals surface area contributed by atoms with Crippen LogP contribution in [0.15, 0.2) is 24.5 Å². The second kappa shape index (κ2) is 10.8. The summed E-state index contributed by atoms with van der Waals surface area (Å²) in [4.78, 5) is 16.1. The number of thiophene rings is 1. The van der Waals surface area contributed by atoms with E-state index in [1.807, 2.05) is 6.07 Å². The maximum Gasteiger partial charge on any atom is 0.251 e. The van der Waals surface area contributed by atoms with Crippen LogP contribution in [0, 0.1) is 13.8 Å². The van der Waals surface area contributed by atoms with Gasteiger partial charge >= 0.3 is 0 Å². The Bertz CT molecular complexity index is 1060. The van der Waals surface area contributed by atoms with Gasteiger partial charge in [-0.25, -0.2) is 14.6 Å². The Morgan fingerprint density at radius 1 is 1.15 bits per heavy atom. The van der Waals surface area contributed by atoms with Crippen LogP contribution in [0.25, 0.3) is 17.2 Å². The molecule has 1 aliphatic rings. The largest absolute Gasteiger partial charge is 0.383 e. The average molecular weight is 473 g/mol. The zero-order valence-electron chi connectivity index (χ0n) is 19.7. The molecule has 1 N–H and O–H groups in total. The molecule has 4 heterocycles. The molecule has 3 aromatic rings. The lowest BCUT2D eigenvalue weighted by Crippen LogP contribution is -2.48. The fourth-order valence-corrected chi connectivity index (χ4v) is 5.12. The van der Waals surface area contributed by atoms with Crippen LogP contribution in [-0.4, -0.2) is 88.2 Å². The molecule has 0 spiro atoms. The topological polar surface area (TPSA) is 88.8 Å². The molecule has 10 heteroatoms. The van der Waals surface area contributed by atoms with E-state index in [2.05, 4.69) is 39.8 Å². The normalized spacial score (nSPS) is 16.4. The third kappa shape index (κ3) is 5.32. The number of aryl methyl sites for hydroxylation is 2. The van der Waals surface area contributed by atoms with Crippen molar-refractivity contribution in [3.05, 3.63) is 45.5 Å². The highest BCUT2D eigenvalue weighted by Gasteiger charge is 2.28. The van der Waals surface area contributed by atoms with E-state index in [0.717, 1.165) is 61.8 Å². The number of aliphatic hydroxyl groups excluding tert-OH is 1. The average Bonchev–Trinajstić information content (AvgIpc) is 3.40. The maximum absolute atomic E-state index is 11.2. The second-order valence-corrected chi connectivity index (χ2v) is 9.66. The Labute approximate surface area is 198 Å². The number of nitrogens with zero attached hydrogens (tertiary/aromatic N) is 6. The van der Waals surface area contributed by atoms with Gasteiger partial charge in [-0.3, -0.25) is 9.80 Å². The number of hydrogen-bond acceptors (Lipinski definition) is 9. The molecule has 1 fully saturated rings. The van der Waals surface area contributed by atoms with E-state index in [1.54, 1.807) is 42.6 Å². The first-order chi connectivity index (χ1) is 16.0. The summed E-state index contributed by atoms with van der Waals surface area (Å²) in [6, 6.07) is 4.06. The maximum atomic E-state index is 11.2. The molecule has 1 atom stereocenters. The van der Waals surface area contributed by atoms with Gasteiger partial charge in [-0.15, -0.1) is 11.3 Å². The molecule has 0 radical (unpaired) electrons. The summed E-state index contributed by atoms with van der Waals surface area (Å²) < 4.78 is 12.3. The first kappa shape index (κ1) is 23.9. The summed E-state index contributed by atoms with van der Waals surface area (Å²) in [5, 5.41) is 15.7. The summed E-state index contributed by atoms with van der Waals surface area (Å²) in [7, 11) is 3.35. The predicted octanol–water partition coefficient (Wildman–Crippen LogP) is 2.41. The highest BCUT2D eigenvalue weighted by Crippen LogP contribution is 2.30. The molecule has 33 heavy (non-hydrogen) atoms. The molecule has 1 saturated heterocycles. The third-order valence-corrected chi connectivity index (χ3v) is 6.94. The van der Waals surface area contributed by atoms with E-state index >= 15 is 0 Å². The molecule has 1 unspecified atom stereocenters. The summed E-state index contributed by atoms with van der Waals surface area (Å²) in [6.45, 7) is 9.43. The van der Waals surface area contributed by atoms with Crippen LogP contribution >= 0.6 is 11.3 Å². The molecule has 0 aromatic carbocycles. The number of methoxy groups -OCH3 is 2. The Hall–Kier alpha value is -2.21. The third-order valence-electron chi connectivity index (χ3n) is 5.97. The van der Waals surface area contributed by atoms with Crippen molar-refractivity contribution in [3.8, 4) is 17.2 Å². The second-order valence-electron chi connectivity index (χ2n) is 8.20. The van der Waals surface area contributed by atoms with Crippen LogP contribution in [0.3, 0.4) is 0 Å². The summed E-state index contributed by atoms with van der Waals surface area (Å²) in [5.74, 6) is 0.464. The molecule has 1 aliphatic heterocycles. The molecule has 0 bridgehead atoms. The Balaban J connectivity index is 1.57. The van der Waals surface area contributed by atoms with Crippen molar-refractivity contribution in [1.29, 1.82) is 0 Å². The van der Waals surface area contributed by atoms with Crippen molar-refractivity contribution < 1.29 is 14.6 Å². The summed E-state index contributed by atoms with van der Waals surface area (Å²) in [6.07, 6.45) is 2.68. The van der Waals surface area contributed by atoms with E-state index in [0.29, 0.717) is 12.6 Å². The van der Waals surface area contributed by atoms with Crippen LogP contribution in [0.4, 0.5) is 0 Å². The van der Waals surface area contributed by atoms with Crippen molar-refractivity contribution in [3.63, 3.8) is 0 Å². The minimum Gasteiger partial charge on any atom is -0.383 e. The molecule has 178 valence electrons. The SMILES string of the molecule is COCCN1CCN(C(O)c2cnn(-c3nccc(-c4cc(C)sc4C)n3)c2COC)CC1. The van der Waals surface area contributed by atoms with Crippen molar-refractivity contribution in [2.45, 2.75) is 26.7 Å². The van der Waals surface area contributed by atoms with Gasteiger partial charge in [0.15, 0.2) is 0 Å². The Morgan fingerprint density at radius 2 is 1.94 bits per heavy atom. The van der Waals surface area contributed by atoms with E-state index < -0.39 is 6.23 Å². The highest BCUT2D eigenvalue weighted by molar-refractivity contribution is 7.12. The first-order valence-electron chi connectivity index (χ1n) is 11.1. The van der Waals surface area contributed by atoms with Gasteiger partial charge < -0.3 is 14.6 Å². The zero-order valence-corrected chi connectivity index (χ0v) is 20.5. The lowest BCUT2D eigenvalue weighted by atomic mass is 10.1. The summed E-state index contributed by atoms with van der Waals surface area (Å²) in [5.41, 5.74) is 3.43. The molecular formula is C23H32N6O3S. The van der Waals surface area contributed by atoms with Crippen LogP contribution in [-0.2, 0) is 16.1 Å². The van der Waals surface area contributed by atoms with Gasteiger partial charge in [0.1, 0.15) is 6.23 Å². The molecule has 0 amide bonds. The number of aliphatic hydroxyl groups is 1. The van der Waals surface area contributed by atoms with E-state index in [1.165, 1.54) is 9.75 Å². The van der Waals surface area contributed by atoms with Gasteiger partial charge in [0.05, 0.1) is 30.8 Å². The van der Waals surface area contributed by atoms with Gasteiger partial charge in [-0.1, -0.05) is 0 Å². The van der Waals surface area contributed by atoms with E-state index in [-0.39, 0.29) is 0 Å². The standard InChI is InChI=1S/C23H32N6O3S/c1-16-13-18(17(2)33-16)20-5-6-24-23(26-20)29-21(15-32-4)19(14-25-29)22(30)28-9-7-27(8-10-28)11-12-31-3/h5-6,13-14,22,30H,7-12,15H2,1-4H3. The van der Waals surface area contributed by atoms with Crippen molar-refractivity contribution in [2.75, 3.05) is 53.6 Å². The molecule has 0 aliphatic carbocycles. The van der Waals surface area contributed by atoms with Crippen molar-refractivity contribution >= 4 is 11.3 Å². The van der Waals surface area contributed by atoms with Gasteiger partial charge in [0.25, 0.3) is 5.95 Å². The Morgan fingerprint density at radius 3 is 2.61 bits per heavy atom. The predicted molar refractivity (Wildman–Crippen MR) is 128 cm³/mol. The number of aromatic nitrogens is 4. The van der Waals surface area contributed by atoms with Crippen LogP contribution in [0.2, 0.25) is 0 Å². The van der Waals surface area contributed by atoms with Crippen molar-refractivity contribution in [2.24, 2.45) is 0 Å². The Kier molecular flexibility index (Phi) is 7.84. The first-order valence-corrected chi connectivity index (χ1v) is 11.9. The number of hydrogen-bond donors (Lipinski definition) is 1. The molecule has 9 nitrogen and oxygen atoms in total. The minimum absolute atomic E-state index is 0.296. The van der Waals surface area contributed by atoms with Gasteiger partial charge in [0, 0.05) is 74.0 Å². The summed E-state index contributed by atoms with van der Waals surface area (Å²) >= 11 is 1.75. The van der Waals surface area contributed by atoms with Gasteiger partial charge in [-0.05, 0) is 26.0 Å². The molecule has 4 rings (SSSR count). The lowest BCUT2D eigenvalue weighted by Gasteiger charge is -2.37. The van der Waals surface area contributed by atoms with Crippen LogP contribution in [0.5, 0.6) is 0 Å². The molecule has 3 aromatic heterocycles. The molecular weight excluding hydrogens is 440 g/mol. The van der Waals surface area contributed by atoms with E-state index in [9.17, 15) is 5.11 Å². The minimum atomic E-state index is -0.765. The van der Waals surface area contributed by atoms with Gasteiger partial charge in [-0.2, -0.15) is 5.10 Å². The number of piperazine rings is 1. The lowest BCUT2D eigenvalue weighted by molar-refractivity contribution is -0.0311. The van der Waals surface area contributed by atoms with E-state index in [4.69, 9.17) is 14.5 Å². The van der Waals surface area contributed by atoms with Crippen LogP contribution < -0.4 is 0 Å². The molecule has 0 saturated carbocycles.